The van der Waals surface area contributed by atoms with Crippen molar-refractivity contribution in [2.24, 2.45) is 7.05 Å². The van der Waals surface area contributed by atoms with Crippen LogP contribution in [-0.4, -0.2) is 15.7 Å². The second kappa shape index (κ2) is 6.81. The topological polar surface area (TPSA) is 46.9 Å². The van der Waals surface area contributed by atoms with Crippen LogP contribution in [0, 0.1) is 0 Å². The van der Waals surface area contributed by atoms with Crippen molar-refractivity contribution in [1.82, 2.24) is 9.78 Å². The molecule has 4 nitrogen and oxygen atoms in total. The van der Waals surface area contributed by atoms with Crippen LogP contribution in [0.25, 0.3) is 0 Å². The van der Waals surface area contributed by atoms with Gasteiger partial charge in [0.2, 0.25) is 0 Å². The quantitative estimate of drug-likeness (QED) is 0.660. The van der Waals surface area contributed by atoms with Crippen molar-refractivity contribution in [3.63, 3.8) is 0 Å². The SMILES string of the molecule is Cn1cc(C(=O)Nc2cccc3c2C2CCCC(=C(Cl)Cl)C32)c(C(F)(F)F)n1. The number of anilines is 1. The number of carbonyl (C=O) groups is 1. The van der Waals surface area contributed by atoms with E-state index in [0.717, 1.165) is 46.8 Å². The Morgan fingerprint density at radius 1 is 1.32 bits per heavy atom. The number of benzene rings is 1. The Hall–Kier alpha value is -1.99. The van der Waals surface area contributed by atoms with Crippen LogP contribution in [0.2, 0.25) is 0 Å². The van der Waals surface area contributed by atoms with Crippen LogP contribution < -0.4 is 5.32 Å². The van der Waals surface area contributed by atoms with E-state index in [4.69, 9.17) is 23.2 Å². The first-order valence-electron chi connectivity index (χ1n) is 8.77. The summed E-state index contributed by atoms with van der Waals surface area (Å²) < 4.78 is 40.8. The van der Waals surface area contributed by atoms with Gasteiger partial charge in [-0.3, -0.25) is 9.48 Å². The minimum absolute atomic E-state index is 0.106. The number of allylic oxidation sites excluding steroid dienone is 1. The Balaban J connectivity index is 1.67. The number of nitrogens with zero attached hydrogens (tertiary/aromatic N) is 2. The van der Waals surface area contributed by atoms with Gasteiger partial charge in [-0.15, -0.1) is 0 Å². The number of nitrogens with one attached hydrogen (secondary N) is 1. The third-order valence-electron chi connectivity index (χ3n) is 5.42. The van der Waals surface area contributed by atoms with Gasteiger partial charge in [0.1, 0.15) is 4.49 Å². The maximum atomic E-state index is 13.2. The molecule has 2 aromatic rings. The van der Waals surface area contributed by atoms with E-state index in [9.17, 15) is 18.0 Å². The van der Waals surface area contributed by atoms with E-state index in [2.05, 4.69) is 10.4 Å². The van der Waals surface area contributed by atoms with Crippen LogP contribution in [0.15, 0.2) is 34.5 Å². The number of fused-ring (bicyclic) bond motifs is 4. The van der Waals surface area contributed by atoms with Gasteiger partial charge in [0.05, 0.1) is 5.56 Å². The van der Waals surface area contributed by atoms with Crippen molar-refractivity contribution in [2.45, 2.75) is 37.3 Å². The molecular formula is C19H16Cl2F3N3O. The summed E-state index contributed by atoms with van der Waals surface area (Å²) in [4.78, 5) is 12.6. The highest BCUT2D eigenvalue weighted by molar-refractivity contribution is 6.56. The Labute approximate surface area is 169 Å². The highest BCUT2D eigenvalue weighted by atomic mass is 35.5. The number of rotatable bonds is 2. The molecule has 2 aliphatic rings. The molecule has 1 fully saturated rings. The van der Waals surface area contributed by atoms with Gasteiger partial charge in [0, 0.05) is 24.8 Å². The van der Waals surface area contributed by atoms with Crippen LogP contribution in [0.3, 0.4) is 0 Å². The summed E-state index contributed by atoms with van der Waals surface area (Å²) >= 11 is 12.1. The maximum Gasteiger partial charge on any atom is 0.435 e. The number of aromatic nitrogens is 2. The molecule has 2 unspecified atom stereocenters. The average Bonchev–Trinajstić information content (AvgIpc) is 3.01. The van der Waals surface area contributed by atoms with Gasteiger partial charge in [-0.1, -0.05) is 35.3 Å². The van der Waals surface area contributed by atoms with Crippen LogP contribution in [0.5, 0.6) is 0 Å². The average molecular weight is 430 g/mol. The molecule has 2 atom stereocenters. The number of amides is 1. The number of alkyl halides is 3. The molecule has 1 aromatic carbocycles. The molecule has 1 aromatic heterocycles. The van der Waals surface area contributed by atoms with Gasteiger partial charge >= 0.3 is 6.18 Å². The molecule has 1 saturated carbocycles. The molecule has 2 aliphatic carbocycles. The molecule has 0 saturated heterocycles. The van der Waals surface area contributed by atoms with E-state index in [1.54, 1.807) is 12.1 Å². The van der Waals surface area contributed by atoms with Crippen molar-refractivity contribution in [2.75, 3.05) is 5.32 Å². The number of hydrogen-bond donors (Lipinski definition) is 1. The first-order chi connectivity index (χ1) is 13.2. The highest BCUT2D eigenvalue weighted by Gasteiger charge is 2.44. The predicted molar refractivity (Wildman–Crippen MR) is 101 cm³/mol. The minimum Gasteiger partial charge on any atom is -0.322 e. The Morgan fingerprint density at radius 2 is 2.07 bits per heavy atom. The third-order valence-corrected chi connectivity index (χ3v) is 5.90. The smallest absolute Gasteiger partial charge is 0.322 e. The number of carbonyl (C=O) groups excluding carboxylic acids is 1. The molecular weight excluding hydrogens is 414 g/mol. The lowest BCUT2D eigenvalue weighted by Gasteiger charge is -2.45. The zero-order chi connectivity index (χ0) is 20.2. The lowest BCUT2D eigenvalue weighted by Crippen LogP contribution is -2.31. The monoisotopic (exact) mass is 429 g/mol. The Morgan fingerprint density at radius 3 is 2.75 bits per heavy atom. The summed E-state index contributed by atoms with van der Waals surface area (Å²) in [7, 11) is 1.34. The molecule has 4 rings (SSSR count). The summed E-state index contributed by atoms with van der Waals surface area (Å²) in [5, 5.41) is 6.04. The Bertz CT molecular complexity index is 993. The van der Waals surface area contributed by atoms with Crippen molar-refractivity contribution in [3.8, 4) is 0 Å². The predicted octanol–water partition coefficient (Wildman–Crippen LogP) is 5.75. The second-order valence-corrected chi connectivity index (χ2v) is 8.04. The van der Waals surface area contributed by atoms with Crippen molar-refractivity contribution >= 4 is 34.8 Å². The fourth-order valence-electron chi connectivity index (χ4n) is 4.34. The zero-order valence-electron chi connectivity index (χ0n) is 14.8. The third kappa shape index (κ3) is 3.10. The van der Waals surface area contributed by atoms with E-state index < -0.39 is 23.3 Å². The van der Waals surface area contributed by atoms with Crippen LogP contribution in [0.4, 0.5) is 18.9 Å². The summed E-state index contributed by atoms with van der Waals surface area (Å²) in [5.41, 5.74) is 1.77. The largest absolute Gasteiger partial charge is 0.435 e. The molecule has 148 valence electrons. The van der Waals surface area contributed by atoms with Crippen LogP contribution >= 0.6 is 23.2 Å². The molecule has 9 heteroatoms. The molecule has 1 N–H and O–H groups in total. The standard InChI is InChI=1S/C19H16Cl2F3N3O/c1-27-8-12(16(26-27)19(22,23)24)18(28)25-13-7-3-5-10-14-9(15(10)13)4-2-6-11(14)17(20)21/h3,5,7-9,14H,2,4,6H2,1H3,(H,25,28). The van der Waals surface area contributed by atoms with Gasteiger partial charge < -0.3 is 5.32 Å². The molecule has 0 aliphatic heterocycles. The number of hydrogen-bond acceptors (Lipinski definition) is 2. The normalized spacial score (nSPS) is 20.9. The van der Waals surface area contributed by atoms with Crippen molar-refractivity contribution in [3.05, 3.63) is 56.8 Å². The van der Waals surface area contributed by atoms with Gasteiger partial charge in [-0.2, -0.15) is 18.3 Å². The van der Waals surface area contributed by atoms with Gasteiger partial charge in [0.25, 0.3) is 5.91 Å². The summed E-state index contributed by atoms with van der Waals surface area (Å²) in [6.45, 7) is 0. The van der Waals surface area contributed by atoms with E-state index in [0.29, 0.717) is 5.69 Å². The van der Waals surface area contributed by atoms with Crippen molar-refractivity contribution < 1.29 is 18.0 Å². The van der Waals surface area contributed by atoms with Crippen LogP contribution in [0.1, 0.15) is 58.3 Å². The molecule has 0 spiro atoms. The zero-order valence-corrected chi connectivity index (χ0v) is 16.3. The van der Waals surface area contributed by atoms with E-state index in [1.807, 2.05) is 6.07 Å². The van der Waals surface area contributed by atoms with Crippen LogP contribution in [-0.2, 0) is 13.2 Å². The first kappa shape index (κ1) is 19.3. The number of aryl methyl sites for hydroxylation is 1. The second-order valence-electron chi connectivity index (χ2n) is 7.09. The molecule has 1 heterocycles. The molecule has 28 heavy (non-hydrogen) atoms. The van der Waals surface area contributed by atoms with E-state index in [-0.39, 0.29) is 16.3 Å². The lowest BCUT2D eigenvalue weighted by molar-refractivity contribution is -0.141. The van der Waals surface area contributed by atoms with E-state index in [1.165, 1.54) is 7.05 Å². The van der Waals surface area contributed by atoms with Crippen molar-refractivity contribution in [1.29, 1.82) is 0 Å². The van der Waals surface area contributed by atoms with Gasteiger partial charge in [0.15, 0.2) is 5.69 Å². The fourth-order valence-corrected chi connectivity index (χ4v) is 4.76. The summed E-state index contributed by atoms with van der Waals surface area (Å²) in [5.74, 6) is -0.576. The highest BCUT2D eigenvalue weighted by Crippen LogP contribution is 2.60. The first-order valence-corrected chi connectivity index (χ1v) is 9.53. The Kier molecular flexibility index (Phi) is 4.70. The summed E-state index contributed by atoms with van der Waals surface area (Å²) in [6.07, 6.45) is -0.978. The lowest BCUT2D eigenvalue weighted by atomic mass is 9.59. The fraction of sp³-hybridized carbons (Fsp3) is 0.368. The molecule has 1 amide bonds. The maximum absolute atomic E-state index is 13.2. The molecule has 0 bridgehead atoms. The minimum atomic E-state index is -4.71. The van der Waals surface area contributed by atoms with Gasteiger partial charge in [-0.05, 0) is 47.9 Å². The van der Waals surface area contributed by atoms with Gasteiger partial charge in [-0.25, -0.2) is 0 Å². The molecule has 0 radical (unpaired) electrons. The summed E-state index contributed by atoms with van der Waals surface area (Å²) in [6, 6.07) is 5.42. The number of halogens is 5. The van der Waals surface area contributed by atoms with E-state index >= 15 is 0 Å².